The Hall–Kier alpha value is -3.81. The number of aromatic nitrogens is 6. The average molecular weight is 402 g/mol. The maximum Gasteiger partial charge on any atom is 0.203 e. The number of methoxy groups -OCH3 is 1. The molecule has 152 valence electrons. The number of hydrogen-bond acceptors (Lipinski definition) is 6. The zero-order valence-electron chi connectivity index (χ0n) is 16.9. The van der Waals surface area contributed by atoms with E-state index >= 15 is 0 Å². The lowest BCUT2D eigenvalue weighted by atomic mass is 10.1. The summed E-state index contributed by atoms with van der Waals surface area (Å²) in [5.74, 6) is 1.20. The van der Waals surface area contributed by atoms with E-state index in [1.807, 2.05) is 35.1 Å². The summed E-state index contributed by atoms with van der Waals surface area (Å²) < 4.78 is 8.66. The van der Waals surface area contributed by atoms with Gasteiger partial charge in [0.15, 0.2) is 11.6 Å². The molecule has 30 heavy (non-hydrogen) atoms. The third-order valence-corrected chi connectivity index (χ3v) is 4.64. The van der Waals surface area contributed by atoms with Gasteiger partial charge in [-0.2, -0.15) is 10.2 Å². The van der Waals surface area contributed by atoms with E-state index in [1.165, 1.54) is 6.07 Å². The first kappa shape index (κ1) is 19.5. The molecule has 0 N–H and O–H groups in total. The van der Waals surface area contributed by atoms with Gasteiger partial charge in [0.2, 0.25) is 5.43 Å². The molecule has 4 aromatic rings. The van der Waals surface area contributed by atoms with Gasteiger partial charge in [-0.05, 0) is 18.1 Å². The topological polar surface area (TPSA) is 87.7 Å². The Labute approximate surface area is 173 Å². The van der Waals surface area contributed by atoms with Gasteiger partial charge in [0.1, 0.15) is 11.4 Å². The Morgan fingerprint density at radius 1 is 1.10 bits per heavy atom. The Balaban J connectivity index is 1.60. The molecule has 3 heterocycles. The molecule has 4 rings (SSSR count). The SMILES string of the molecule is CCCn1cc(-n2ccc(=O)c(Cc3cccc(-c4ncc(OC)cn4)c3)n2)cn1. The summed E-state index contributed by atoms with van der Waals surface area (Å²) in [5, 5.41) is 8.87. The number of benzene rings is 1. The Bertz CT molecular complexity index is 1200. The highest BCUT2D eigenvalue weighted by Crippen LogP contribution is 2.19. The number of aryl methyl sites for hydroxylation is 1. The number of ether oxygens (including phenoxy) is 1. The molecule has 8 nitrogen and oxygen atoms in total. The normalized spacial score (nSPS) is 10.9. The van der Waals surface area contributed by atoms with E-state index in [2.05, 4.69) is 27.1 Å². The van der Waals surface area contributed by atoms with Crippen LogP contribution in [0.4, 0.5) is 0 Å². The maximum atomic E-state index is 12.4. The molecular weight excluding hydrogens is 380 g/mol. The van der Waals surface area contributed by atoms with Crippen LogP contribution in [0.25, 0.3) is 17.1 Å². The predicted octanol–water partition coefficient (Wildman–Crippen LogP) is 2.90. The van der Waals surface area contributed by atoms with Gasteiger partial charge in [-0.3, -0.25) is 9.48 Å². The van der Waals surface area contributed by atoms with E-state index in [0.29, 0.717) is 23.7 Å². The van der Waals surface area contributed by atoms with Gasteiger partial charge in [0.25, 0.3) is 0 Å². The first-order chi connectivity index (χ1) is 14.7. The lowest BCUT2D eigenvalue weighted by Crippen LogP contribution is -2.16. The molecule has 0 atom stereocenters. The molecule has 0 spiro atoms. The molecule has 1 aromatic carbocycles. The average Bonchev–Trinajstić information content (AvgIpc) is 3.24. The molecule has 0 aliphatic heterocycles. The van der Waals surface area contributed by atoms with Gasteiger partial charge < -0.3 is 4.74 Å². The molecule has 0 radical (unpaired) electrons. The van der Waals surface area contributed by atoms with Crippen molar-refractivity contribution in [1.29, 1.82) is 0 Å². The van der Waals surface area contributed by atoms with Gasteiger partial charge in [0, 0.05) is 30.8 Å². The van der Waals surface area contributed by atoms with Crippen molar-refractivity contribution in [3.05, 3.63) is 82.8 Å². The Morgan fingerprint density at radius 3 is 2.70 bits per heavy atom. The fraction of sp³-hybridized carbons (Fsp3) is 0.227. The summed E-state index contributed by atoms with van der Waals surface area (Å²) in [6.45, 7) is 2.94. The highest BCUT2D eigenvalue weighted by atomic mass is 16.5. The van der Waals surface area contributed by atoms with Crippen LogP contribution in [-0.4, -0.2) is 36.6 Å². The fourth-order valence-electron chi connectivity index (χ4n) is 3.12. The molecule has 0 aliphatic rings. The van der Waals surface area contributed by atoms with Gasteiger partial charge >= 0.3 is 0 Å². The van der Waals surface area contributed by atoms with Crippen molar-refractivity contribution in [2.45, 2.75) is 26.3 Å². The van der Waals surface area contributed by atoms with Gasteiger partial charge in [-0.1, -0.05) is 25.1 Å². The van der Waals surface area contributed by atoms with Crippen molar-refractivity contribution >= 4 is 0 Å². The molecule has 8 heteroatoms. The first-order valence-corrected chi connectivity index (χ1v) is 9.73. The summed E-state index contributed by atoms with van der Waals surface area (Å²) in [5.41, 5.74) is 3.01. The highest BCUT2D eigenvalue weighted by Gasteiger charge is 2.09. The van der Waals surface area contributed by atoms with E-state index < -0.39 is 0 Å². The van der Waals surface area contributed by atoms with E-state index in [0.717, 1.165) is 29.8 Å². The van der Waals surface area contributed by atoms with Crippen LogP contribution in [0, 0.1) is 0 Å². The molecule has 0 bridgehead atoms. The molecule has 0 fully saturated rings. The maximum absolute atomic E-state index is 12.4. The second-order valence-corrected chi connectivity index (χ2v) is 6.86. The van der Waals surface area contributed by atoms with E-state index in [4.69, 9.17) is 4.74 Å². The standard InChI is InChI=1S/C22H22N6O2/c1-3-8-27-15-18(12-25-27)28-9-7-21(29)20(26-28)11-16-5-4-6-17(10-16)22-23-13-19(30-2)14-24-22/h4-7,9-10,12-15H,3,8,11H2,1-2H3. The lowest BCUT2D eigenvalue weighted by Gasteiger charge is -2.07. The summed E-state index contributed by atoms with van der Waals surface area (Å²) in [6.07, 6.45) is 10.0. The summed E-state index contributed by atoms with van der Waals surface area (Å²) >= 11 is 0. The number of rotatable bonds is 7. The van der Waals surface area contributed by atoms with Crippen LogP contribution in [0.15, 0.2) is 66.1 Å². The lowest BCUT2D eigenvalue weighted by molar-refractivity contribution is 0.411. The van der Waals surface area contributed by atoms with E-state index in [-0.39, 0.29) is 5.43 Å². The largest absolute Gasteiger partial charge is 0.494 e. The minimum atomic E-state index is -0.0988. The summed E-state index contributed by atoms with van der Waals surface area (Å²) in [7, 11) is 1.58. The van der Waals surface area contributed by atoms with Crippen molar-refractivity contribution < 1.29 is 4.74 Å². The third kappa shape index (κ3) is 4.27. The molecule has 0 saturated carbocycles. The molecule has 3 aromatic heterocycles. The molecule has 0 unspecified atom stereocenters. The highest BCUT2D eigenvalue weighted by molar-refractivity contribution is 5.56. The van der Waals surface area contributed by atoms with Crippen molar-refractivity contribution in [2.24, 2.45) is 0 Å². The molecule has 0 saturated heterocycles. The molecule has 0 aliphatic carbocycles. The molecule has 0 amide bonds. The van der Waals surface area contributed by atoms with Crippen molar-refractivity contribution in [1.82, 2.24) is 29.5 Å². The summed E-state index contributed by atoms with van der Waals surface area (Å²) in [6, 6.07) is 9.33. The minimum Gasteiger partial charge on any atom is -0.494 e. The Morgan fingerprint density at radius 2 is 1.93 bits per heavy atom. The third-order valence-electron chi connectivity index (χ3n) is 4.64. The van der Waals surface area contributed by atoms with E-state index in [1.54, 1.807) is 36.6 Å². The van der Waals surface area contributed by atoms with Gasteiger partial charge in [0.05, 0.1) is 31.9 Å². The van der Waals surface area contributed by atoms with Crippen molar-refractivity contribution in [3.63, 3.8) is 0 Å². The second-order valence-electron chi connectivity index (χ2n) is 6.86. The van der Waals surface area contributed by atoms with Crippen molar-refractivity contribution in [2.75, 3.05) is 7.11 Å². The van der Waals surface area contributed by atoms with Crippen LogP contribution in [0.5, 0.6) is 5.75 Å². The quantitative estimate of drug-likeness (QED) is 0.472. The second kappa shape index (κ2) is 8.69. The Kier molecular flexibility index (Phi) is 5.65. The first-order valence-electron chi connectivity index (χ1n) is 9.73. The molecular formula is C22H22N6O2. The van der Waals surface area contributed by atoms with E-state index in [9.17, 15) is 4.79 Å². The fourth-order valence-corrected chi connectivity index (χ4v) is 3.12. The number of hydrogen-bond donors (Lipinski definition) is 0. The van der Waals surface area contributed by atoms with Crippen molar-refractivity contribution in [3.8, 4) is 22.8 Å². The van der Waals surface area contributed by atoms with Crippen LogP contribution in [-0.2, 0) is 13.0 Å². The van der Waals surface area contributed by atoms with Crippen LogP contribution < -0.4 is 10.2 Å². The monoisotopic (exact) mass is 402 g/mol. The predicted molar refractivity (Wildman–Crippen MR) is 113 cm³/mol. The summed E-state index contributed by atoms with van der Waals surface area (Å²) in [4.78, 5) is 21.1. The zero-order chi connectivity index (χ0) is 20.9. The van der Waals surface area contributed by atoms with Crippen LogP contribution >= 0.6 is 0 Å². The van der Waals surface area contributed by atoms with Crippen LogP contribution in [0.1, 0.15) is 24.6 Å². The van der Waals surface area contributed by atoms with Crippen LogP contribution in [0.3, 0.4) is 0 Å². The van der Waals surface area contributed by atoms with Gasteiger partial charge in [-0.25, -0.2) is 14.6 Å². The smallest absolute Gasteiger partial charge is 0.203 e. The van der Waals surface area contributed by atoms with Gasteiger partial charge in [-0.15, -0.1) is 0 Å². The van der Waals surface area contributed by atoms with Crippen LogP contribution in [0.2, 0.25) is 0 Å². The zero-order valence-corrected chi connectivity index (χ0v) is 16.9. The number of nitrogens with zero attached hydrogens (tertiary/aromatic N) is 6. The minimum absolute atomic E-state index is 0.0988.